The first-order valence-corrected chi connectivity index (χ1v) is 5.07. The van der Waals surface area contributed by atoms with Crippen molar-refractivity contribution in [2.24, 2.45) is 0 Å². The van der Waals surface area contributed by atoms with Crippen LogP contribution in [0.15, 0.2) is 16.6 Å². The number of nitro groups is 1. The predicted molar refractivity (Wildman–Crippen MR) is 56.4 cm³/mol. The molecule has 0 fully saturated rings. The van der Waals surface area contributed by atoms with Gasteiger partial charge in [0.15, 0.2) is 0 Å². The largest absolute Gasteiger partial charge is 0.658 e. The molecule has 77 valence electrons. The number of halogens is 1. The average molecular weight is 483 g/mol. The molecule has 0 unspecified atom stereocenters. The van der Waals surface area contributed by atoms with Gasteiger partial charge in [-0.1, -0.05) is 15.9 Å². The molecule has 1 aliphatic rings. The molecular formula is C9H8AcBrN2O2-. The minimum Gasteiger partial charge on any atom is -0.658 e. The van der Waals surface area contributed by atoms with Crippen molar-refractivity contribution in [1.82, 2.24) is 0 Å². The summed E-state index contributed by atoms with van der Waals surface area (Å²) in [4.78, 5) is 10.4. The van der Waals surface area contributed by atoms with Crippen molar-refractivity contribution in [3.05, 3.63) is 43.2 Å². The Balaban J connectivity index is 0.00000112. The molecule has 1 aliphatic heterocycles. The molecule has 15 heavy (non-hydrogen) atoms. The van der Waals surface area contributed by atoms with Crippen LogP contribution in [0, 0.1) is 54.2 Å². The number of rotatable bonds is 1. The van der Waals surface area contributed by atoms with Crippen LogP contribution < -0.4 is 0 Å². The van der Waals surface area contributed by atoms with Gasteiger partial charge in [0.05, 0.1) is 4.92 Å². The van der Waals surface area contributed by atoms with Gasteiger partial charge in [-0.25, -0.2) is 0 Å². The standard InChI is InChI=1S/C9H8BrN2O2.Ac/c10-8-1-2-9(12(13)14)7-5-11-4-3-6(7)8;/h1-2H,3-5H2;/q-1;. The third-order valence-electron chi connectivity index (χ3n) is 2.34. The van der Waals surface area contributed by atoms with E-state index >= 15 is 0 Å². The van der Waals surface area contributed by atoms with Crippen LogP contribution in [-0.4, -0.2) is 11.5 Å². The molecule has 1 aromatic carbocycles. The van der Waals surface area contributed by atoms with E-state index < -0.39 is 0 Å². The van der Waals surface area contributed by atoms with Gasteiger partial charge in [-0.05, 0) is 18.1 Å². The average Bonchev–Trinajstić information content (AvgIpc) is 2.18. The van der Waals surface area contributed by atoms with Gasteiger partial charge >= 0.3 is 0 Å². The molecule has 0 saturated heterocycles. The predicted octanol–water partition coefficient (Wildman–Crippen LogP) is 2.79. The summed E-state index contributed by atoms with van der Waals surface area (Å²) in [5.41, 5.74) is 1.98. The number of nitrogens with zero attached hydrogens (tertiary/aromatic N) is 2. The zero-order valence-corrected chi connectivity index (χ0v) is 14.3. The monoisotopic (exact) mass is 482 g/mol. The number of hydrogen-bond donors (Lipinski definition) is 0. The zero-order valence-electron chi connectivity index (χ0n) is 7.94. The Kier molecular flexibility index (Phi) is 5.17. The second kappa shape index (κ2) is 5.72. The van der Waals surface area contributed by atoms with E-state index in [0.717, 1.165) is 28.6 Å². The van der Waals surface area contributed by atoms with E-state index in [9.17, 15) is 10.1 Å². The van der Waals surface area contributed by atoms with Gasteiger partial charge in [-0.15, -0.1) is 13.1 Å². The molecule has 0 amide bonds. The third kappa shape index (κ3) is 2.79. The van der Waals surface area contributed by atoms with Crippen molar-refractivity contribution in [2.45, 2.75) is 13.0 Å². The molecule has 6 heteroatoms. The first kappa shape index (κ1) is 13.6. The summed E-state index contributed by atoms with van der Waals surface area (Å²) in [7, 11) is 0. The summed E-state index contributed by atoms with van der Waals surface area (Å²) in [6.07, 6.45) is 0.789. The van der Waals surface area contributed by atoms with Gasteiger partial charge in [0.25, 0.3) is 5.69 Å². The maximum atomic E-state index is 10.7. The fraction of sp³-hybridized carbons (Fsp3) is 0.333. The second-order valence-electron chi connectivity index (χ2n) is 3.14. The first-order valence-electron chi connectivity index (χ1n) is 4.28. The molecule has 1 heterocycles. The van der Waals surface area contributed by atoms with Crippen molar-refractivity contribution in [1.29, 1.82) is 0 Å². The molecule has 1 aromatic rings. The minimum absolute atomic E-state index is 0. The Bertz CT molecular complexity index is 398. The van der Waals surface area contributed by atoms with Gasteiger partial charge in [-0.2, -0.15) is 0 Å². The fourth-order valence-corrected chi connectivity index (χ4v) is 2.22. The Morgan fingerprint density at radius 2 is 2.13 bits per heavy atom. The third-order valence-corrected chi connectivity index (χ3v) is 3.08. The van der Waals surface area contributed by atoms with Gasteiger partial charge in [0, 0.05) is 60.2 Å². The molecule has 4 nitrogen and oxygen atoms in total. The SMILES string of the molecule is O=[N+]([O-])c1ccc(Br)c2c1C[N-]CC2.[Ac]. The normalized spacial score (nSPS) is 13.9. The van der Waals surface area contributed by atoms with Crippen LogP contribution in [0.3, 0.4) is 0 Å². The van der Waals surface area contributed by atoms with E-state index in [2.05, 4.69) is 21.2 Å². The van der Waals surface area contributed by atoms with Crippen molar-refractivity contribution in [3.63, 3.8) is 0 Å². The van der Waals surface area contributed by atoms with Gasteiger partial charge < -0.3 is 5.32 Å². The molecule has 0 aromatic heterocycles. The summed E-state index contributed by atoms with van der Waals surface area (Å²) in [5, 5.41) is 14.9. The second-order valence-corrected chi connectivity index (χ2v) is 3.99. The van der Waals surface area contributed by atoms with E-state index in [4.69, 9.17) is 0 Å². The van der Waals surface area contributed by atoms with Crippen LogP contribution in [0.2, 0.25) is 0 Å². The van der Waals surface area contributed by atoms with Crippen LogP contribution in [0.25, 0.3) is 5.32 Å². The fourth-order valence-electron chi connectivity index (χ4n) is 1.65. The molecular weight excluding hydrogens is 475 g/mol. The Hall–Kier alpha value is 0.502. The van der Waals surface area contributed by atoms with E-state index in [0.29, 0.717) is 6.54 Å². The zero-order chi connectivity index (χ0) is 10.1. The summed E-state index contributed by atoms with van der Waals surface area (Å²) in [6, 6.07) is 3.27. The van der Waals surface area contributed by atoms with Crippen molar-refractivity contribution in [3.8, 4) is 0 Å². The molecule has 0 aliphatic carbocycles. The van der Waals surface area contributed by atoms with Crippen LogP contribution in [0.1, 0.15) is 11.1 Å². The van der Waals surface area contributed by atoms with Gasteiger partial charge in [0.2, 0.25) is 0 Å². The quantitative estimate of drug-likeness (QED) is 0.456. The molecule has 0 N–H and O–H groups in total. The minimum atomic E-state index is -0.341. The van der Waals surface area contributed by atoms with Crippen LogP contribution in [-0.2, 0) is 13.0 Å². The molecule has 0 spiro atoms. The Morgan fingerprint density at radius 1 is 1.40 bits per heavy atom. The first-order chi connectivity index (χ1) is 6.70. The maximum Gasteiger partial charge on any atom is 0.271 e. The van der Waals surface area contributed by atoms with Crippen LogP contribution in [0.4, 0.5) is 5.69 Å². The smallest absolute Gasteiger partial charge is 0.271 e. The van der Waals surface area contributed by atoms with Crippen molar-refractivity contribution >= 4 is 21.6 Å². The summed E-state index contributed by atoms with van der Waals surface area (Å²) >= 11 is 3.40. The van der Waals surface area contributed by atoms with Gasteiger partial charge in [-0.3, -0.25) is 10.1 Å². The molecule has 0 saturated carbocycles. The number of fused-ring (bicyclic) bond motifs is 1. The maximum absolute atomic E-state index is 10.7. The van der Waals surface area contributed by atoms with Crippen molar-refractivity contribution < 1.29 is 49.0 Å². The molecule has 2 rings (SSSR count). The topological polar surface area (TPSA) is 57.2 Å². The van der Waals surface area contributed by atoms with E-state index in [1.165, 1.54) is 6.07 Å². The summed E-state index contributed by atoms with van der Waals surface area (Å²) < 4.78 is 0.952. The van der Waals surface area contributed by atoms with Crippen molar-refractivity contribution in [2.75, 3.05) is 6.54 Å². The summed E-state index contributed by atoms with van der Waals surface area (Å²) in [6.45, 7) is 1.22. The van der Waals surface area contributed by atoms with E-state index in [1.54, 1.807) is 6.07 Å². The van der Waals surface area contributed by atoms with Gasteiger partial charge in [0.1, 0.15) is 0 Å². The molecule has 1 radical (unpaired) electrons. The van der Waals surface area contributed by atoms with Crippen LogP contribution >= 0.6 is 15.9 Å². The molecule has 0 atom stereocenters. The number of nitro benzene ring substituents is 1. The Labute approximate surface area is 132 Å². The van der Waals surface area contributed by atoms with E-state index in [-0.39, 0.29) is 54.7 Å². The number of benzene rings is 1. The summed E-state index contributed by atoms with van der Waals surface area (Å²) in [5.74, 6) is 0. The molecule has 0 bridgehead atoms. The van der Waals surface area contributed by atoms with E-state index in [1.807, 2.05) is 0 Å². The van der Waals surface area contributed by atoms with Crippen LogP contribution in [0.5, 0.6) is 0 Å². The number of hydrogen-bond acceptors (Lipinski definition) is 2. The Morgan fingerprint density at radius 3 is 2.80 bits per heavy atom.